The molecule has 5 nitrogen and oxygen atoms in total. The summed E-state index contributed by atoms with van der Waals surface area (Å²) in [4.78, 5) is 19.5. The number of carbonyl (C=O) groups is 1. The lowest BCUT2D eigenvalue weighted by atomic mass is 9.96. The van der Waals surface area contributed by atoms with E-state index in [1.807, 2.05) is 36.4 Å². The number of piperidine rings is 1. The summed E-state index contributed by atoms with van der Waals surface area (Å²) < 4.78 is 5.92. The van der Waals surface area contributed by atoms with Gasteiger partial charge in [-0.3, -0.25) is 14.7 Å². The molecule has 154 valence electrons. The van der Waals surface area contributed by atoms with E-state index in [9.17, 15) is 4.79 Å². The summed E-state index contributed by atoms with van der Waals surface area (Å²) in [5, 5.41) is 3.08. The van der Waals surface area contributed by atoms with Crippen LogP contribution < -0.4 is 10.1 Å². The lowest BCUT2D eigenvalue weighted by Gasteiger charge is -2.32. The van der Waals surface area contributed by atoms with Gasteiger partial charge in [0.25, 0.3) is 0 Å². The smallest absolute Gasteiger partial charge is 0.228 e. The third-order valence-electron chi connectivity index (χ3n) is 5.37. The Morgan fingerprint density at radius 1 is 1.17 bits per heavy atom. The van der Waals surface area contributed by atoms with Crippen molar-refractivity contribution in [3.05, 3.63) is 84.2 Å². The van der Waals surface area contributed by atoms with Crippen LogP contribution in [0.4, 0.5) is 5.69 Å². The zero-order valence-electron chi connectivity index (χ0n) is 17.3. The molecule has 0 unspecified atom stereocenters. The number of hydrogen-bond donors (Lipinski definition) is 1. The summed E-state index contributed by atoms with van der Waals surface area (Å²) in [5.41, 5.74) is 3.25. The van der Waals surface area contributed by atoms with Gasteiger partial charge in [0, 0.05) is 19.3 Å². The first kappa shape index (κ1) is 20.1. The van der Waals surface area contributed by atoms with E-state index in [4.69, 9.17) is 4.74 Å². The number of aromatic nitrogens is 1. The van der Waals surface area contributed by atoms with Crippen molar-refractivity contribution >= 4 is 11.6 Å². The first-order chi connectivity index (χ1) is 14.7. The minimum atomic E-state index is -0.0324. The average molecular weight is 402 g/mol. The van der Waals surface area contributed by atoms with Gasteiger partial charge in [-0.25, -0.2) is 0 Å². The molecule has 1 amide bonds. The number of rotatable bonds is 6. The van der Waals surface area contributed by atoms with Crippen LogP contribution in [0, 0.1) is 12.8 Å². The molecule has 1 aliphatic rings. The molecule has 1 saturated heterocycles. The Labute approximate surface area is 177 Å². The van der Waals surface area contributed by atoms with Crippen molar-refractivity contribution in [2.24, 2.45) is 5.92 Å². The van der Waals surface area contributed by atoms with E-state index in [1.165, 1.54) is 11.1 Å². The minimum absolute atomic E-state index is 0.0324. The number of carbonyl (C=O) groups excluding carboxylic acids is 1. The third kappa shape index (κ3) is 5.24. The van der Waals surface area contributed by atoms with E-state index in [-0.39, 0.29) is 11.8 Å². The van der Waals surface area contributed by atoms with Crippen molar-refractivity contribution in [2.45, 2.75) is 26.3 Å². The highest BCUT2D eigenvalue weighted by Crippen LogP contribution is 2.30. The number of benzene rings is 2. The second-order valence-electron chi connectivity index (χ2n) is 7.84. The Balaban J connectivity index is 1.40. The van der Waals surface area contributed by atoms with Crippen LogP contribution >= 0.6 is 0 Å². The first-order valence-electron chi connectivity index (χ1n) is 10.4. The highest BCUT2D eigenvalue weighted by Gasteiger charge is 2.26. The number of nitrogens with one attached hydrogen (secondary N) is 1. The molecule has 0 saturated carbocycles. The van der Waals surface area contributed by atoms with Crippen molar-refractivity contribution < 1.29 is 9.53 Å². The Hall–Kier alpha value is -3.18. The third-order valence-corrected chi connectivity index (χ3v) is 5.37. The molecule has 1 fully saturated rings. The number of nitrogens with zero attached hydrogens (tertiary/aromatic N) is 2. The molecule has 0 bridgehead atoms. The molecule has 1 N–H and O–H groups in total. The van der Waals surface area contributed by atoms with Crippen LogP contribution in [0.25, 0.3) is 0 Å². The number of hydrogen-bond acceptors (Lipinski definition) is 4. The molecule has 0 spiro atoms. The molecule has 0 radical (unpaired) electrons. The Morgan fingerprint density at radius 3 is 2.90 bits per heavy atom. The fraction of sp³-hybridized carbons (Fsp3) is 0.280. The van der Waals surface area contributed by atoms with Gasteiger partial charge in [0.2, 0.25) is 5.91 Å². The van der Waals surface area contributed by atoms with Gasteiger partial charge in [-0.15, -0.1) is 0 Å². The first-order valence-corrected chi connectivity index (χ1v) is 10.4. The fourth-order valence-corrected chi connectivity index (χ4v) is 3.91. The number of likely N-dealkylation sites (tertiary alicyclic amines) is 1. The lowest BCUT2D eigenvalue weighted by Crippen LogP contribution is -2.40. The Morgan fingerprint density at radius 2 is 2.07 bits per heavy atom. The van der Waals surface area contributed by atoms with Crippen molar-refractivity contribution in [3.8, 4) is 11.5 Å². The van der Waals surface area contributed by atoms with Crippen molar-refractivity contribution in [1.29, 1.82) is 0 Å². The molecule has 5 heteroatoms. The molecule has 2 heterocycles. The number of amides is 1. The highest BCUT2D eigenvalue weighted by molar-refractivity contribution is 5.94. The number of aryl methyl sites for hydroxylation is 1. The van der Waals surface area contributed by atoms with Gasteiger partial charge >= 0.3 is 0 Å². The van der Waals surface area contributed by atoms with E-state index < -0.39 is 0 Å². The van der Waals surface area contributed by atoms with Gasteiger partial charge in [0.05, 0.1) is 17.8 Å². The van der Waals surface area contributed by atoms with Crippen LogP contribution in [0.2, 0.25) is 0 Å². The van der Waals surface area contributed by atoms with E-state index >= 15 is 0 Å². The Kier molecular flexibility index (Phi) is 6.40. The number of anilines is 1. The predicted molar refractivity (Wildman–Crippen MR) is 119 cm³/mol. The SMILES string of the molecule is Cc1cccc(CN2CCC[C@@H](C(=O)Nc3ccccc3Oc3cccnc3)C2)c1. The predicted octanol–water partition coefficient (Wildman–Crippen LogP) is 5.03. The van der Waals surface area contributed by atoms with Gasteiger partial charge < -0.3 is 10.1 Å². The largest absolute Gasteiger partial charge is 0.454 e. The van der Waals surface area contributed by atoms with E-state index in [2.05, 4.69) is 46.4 Å². The average Bonchev–Trinajstić information content (AvgIpc) is 2.76. The summed E-state index contributed by atoms with van der Waals surface area (Å²) in [6.07, 6.45) is 5.29. The van der Waals surface area contributed by atoms with Gasteiger partial charge in [0.1, 0.15) is 5.75 Å². The zero-order valence-corrected chi connectivity index (χ0v) is 17.3. The van der Waals surface area contributed by atoms with Gasteiger partial charge in [-0.2, -0.15) is 0 Å². The Bertz CT molecular complexity index is 990. The van der Waals surface area contributed by atoms with Crippen LogP contribution in [0.5, 0.6) is 11.5 Å². The van der Waals surface area contributed by atoms with Crippen LogP contribution in [0.3, 0.4) is 0 Å². The van der Waals surface area contributed by atoms with Crippen LogP contribution in [-0.2, 0) is 11.3 Å². The number of para-hydroxylation sites is 2. The molecule has 4 rings (SSSR count). The van der Waals surface area contributed by atoms with Gasteiger partial charge in [0.15, 0.2) is 5.75 Å². The maximum absolute atomic E-state index is 13.0. The van der Waals surface area contributed by atoms with Gasteiger partial charge in [-0.05, 0) is 56.1 Å². The van der Waals surface area contributed by atoms with E-state index in [0.29, 0.717) is 17.2 Å². The molecule has 3 aromatic rings. The monoisotopic (exact) mass is 401 g/mol. The van der Waals surface area contributed by atoms with Crippen LogP contribution in [0.15, 0.2) is 73.1 Å². The van der Waals surface area contributed by atoms with Gasteiger partial charge in [-0.1, -0.05) is 42.0 Å². The maximum Gasteiger partial charge on any atom is 0.228 e. The van der Waals surface area contributed by atoms with Crippen molar-refractivity contribution in [1.82, 2.24) is 9.88 Å². The fourth-order valence-electron chi connectivity index (χ4n) is 3.91. The summed E-state index contributed by atoms with van der Waals surface area (Å²) in [5.74, 6) is 1.27. The zero-order chi connectivity index (χ0) is 20.8. The summed E-state index contributed by atoms with van der Waals surface area (Å²) in [6, 6.07) is 19.8. The van der Waals surface area contributed by atoms with E-state index in [0.717, 1.165) is 32.5 Å². The second-order valence-corrected chi connectivity index (χ2v) is 7.84. The molecule has 2 aromatic carbocycles. The molecular weight excluding hydrogens is 374 g/mol. The quantitative estimate of drug-likeness (QED) is 0.629. The maximum atomic E-state index is 13.0. The highest BCUT2D eigenvalue weighted by atomic mass is 16.5. The van der Waals surface area contributed by atoms with Crippen molar-refractivity contribution in [3.63, 3.8) is 0 Å². The number of pyridine rings is 1. The topological polar surface area (TPSA) is 54.5 Å². The molecule has 1 aromatic heterocycles. The molecule has 1 atom stereocenters. The number of ether oxygens (including phenoxy) is 1. The molecule has 1 aliphatic heterocycles. The standard InChI is InChI=1S/C25H27N3O2/c1-19-7-4-8-20(15-19)17-28-14-6-9-21(18-28)25(29)27-23-11-2-3-12-24(23)30-22-10-5-13-26-16-22/h2-5,7-8,10-13,15-16,21H,6,9,14,17-18H2,1H3,(H,27,29)/t21-/m1/s1. The minimum Gasteiger partial charge on any atom is -0.454 e. The molecule has 30 heavy (non-hydrogen) atoms. The molecular formula is C25H27N3O2. The summed E-state index contributed by atoms with van der Waals surface area (Å²) in [6.45, 7) is 4.79. The summed E-state index contributed by atoms with van der Waals surface area (Å²) in [7, 11) is 0. The lowest BCUT2D eigenvalue weighted by molar-refractivity contribution is -0.121. The summed E-state index contributed by atoms with van der Waals surface area (Å²) >= 11 is 0. The molecule has 0 aliphatic carbocycles. The van der Waals surface area contributed by atoms with E-state index in [1.54, 1.807) is 12.4 Å². The normalized spacial score (nSPS) is 16.8. The van der Waals surface area contributed by atoms with Crippen molar-refractivity contribution in [2.75, 3.05) is 18.4 Å². The second kappa shape index (κ2) is 9.55. The van der Waals surface area contributed by atoms with Crippen LogP contribution in [-0.4, -0.2) is 28.9 Å². The van der Waals surface area contributed by atoms with Crippen LogP contribution in [0.1, 0.15) is 24.0 Å².